The number of aromatic nitrogens is 5. The molecule has 0 bridgehead atoms. The van der Waals surface area contributed by atoms with Crippen LogP contribution in [0.5, 0.6) is 0 Å². The topological polar surface area (TPSA) is 68.5 Å². The van der Waals surface area contributed by atoms with Gasteiger partial charge in [0.25, 0.3) is 0 Å². The summed E-state index contributed by atoms with van der Waals surface area (Å²) >= 11 is 0. The molecule has 1 aromatic carbocycles. The molecule has 0 amide bonds. The predicted molar refractivity (Wildman–Crippen MR) is 98.6 cm³/mol. The predicted octanol–water partition coefficient (Wildman–Crippen LogP) is 4.54. The molecule has 1 N–H and O–H groups in total. The summed E-state index contributed by atoms with van der Waals surface area (Å²) < 4.78 is 40.0. The maximum absolute atomic E-state index is 12.7. The highest BCUT2D eigenvalue weighted by Crippen LogP contribution is 2.30. The first kappa shape index (κ1) is 17.9. The molecule has 0 radical (unpaired) electrons. The van der Waals surface area contributed by atoms with E-state index < -0.39 is 11.7 Å². The maximum Gasteiger partial charge on any atom is 0.416 e. The van der Waals surface area contributed by atoms with Crippen molar-refractivity contribution in [2.75, 3.05) is 5.32 Å². The van der Waals surface area contributed by atoms with Gasteiger partial charge < -0.3 is 5.32 Å². The Kier molecular flexibility index (Phi) is 4.42. The van der Waals surface area contributed by atoms with E-state index in [-0.39, 0.29) is 0 Å². The summed E-state index contributed by atoms with van der Waals surface area (Å²) in [6.07, 6.45) is 2.80. The van der Waals surface area contributed by atoms with Gasteiger partial charge in [-0.05, 0) is 30.3 Å². The molecule has 4 rings (SSSR count). The molecule has 0 spiro atoms. The Balaban J connectivity index is 1.68. The van der Waals surface area contributed by atoms with Gasteiger partial charge in [0.15, 0.2) is 11.6 Å². The average Bonchev–Trinajstić information content (AvgIpc) is 3.06. The van der Waals surface area contributed by atoms with Crippen LogP contribution in [0.3, 0.4) is 0 Å². The average molecular weight is 384 g/mol. The number of halogens is 3. The van der Waals surface area contributed by atoms with Gasteiger partial charge >= 0.3 is 6.18 Å². The Bertz CT molecular complexity index is 1120. The van der Waals surface area contributed by atoms with E-state index in [4.69, 9.17) is 0 Å². The zero-order valence-electron chi connectivity index (χ0n) is 14.8. The Morgan fingerprint density at radius 1 is 0.964 bits per heavy atom. The second-order valence-electron chi connectivity index (χ2n) is 6.04. The highest BCUT2D eigenvalue weighted by atomic mass is 19.4. The minimum absolute atomic E-state index is 0.412. The molecule has 3 aromatic heterocycles. The summed E-state index contributed by atoms with van der Waals surface area (Å²) in [6, 6.07) is 6.59. The lowest BCUT2D eigenvalue weighted by Crippen LogP contribution is -2.06. The molecule has 0 saturated heterocycles. The molecule has 3 heterocycles. The van der Waals surface area contributed by atoms with Gasteiger partial charge in [0.05, 0.1) is 29.7 Å². The number of rotatable bonds is 4. The number of anilines is 2. The molecule has 0 fully saturated rings. The van der Waals surface area contributed by atoms with Crippen LogP contribution in [-0.2, 0) is 12.6 Å². The summed E-state index contributed by atoms with van der Waals surface area (Å²) in [5, 5.41) is 2.98. The van der Waals surface area contributed by atoms with Gasteiger partial charge in [0, 0.05) is 18.3 Å². The SMILES string of the molecule is CCc1nc2cnccc2n1-c1cncc(Nc2ccc(C(F)(F)F)cc2)n1. The number of fused-ring (bicyclic) bond motifs is 1. The van der Waals surface area contributed by atoms with Crippen LogP contribution in [0.2, 0.25) is 0 Å². The van der Waals surface area contributed by atoms with Crippen LogP contribution in [-0.4, -0.2) is 24.5 Å². The number of imidazole rings is 1. The number of hydrogen-bond donors (Lipinski definition) is 1. The van der Waals surface area contributed by atoms with Crippen molar-refractivity contribution in [1.82, 2.24) is 24.5 Å². The highest BCUT2D eigenvalue weighted by Gasteiger charge is 2.29. The van der Waals surface area contributed by atoms with E-state index in [1.54, 1.807) is 18.6 Å². The van der Waals surface area contributed by atoms with Crippen LogP contribution in [0, 0.1) is 0 Å². The summed E-state index contributed by atoms with van der Waals surface area (Å²) in [7, 11) is 0. The van der Waals surface area contributed by atoms with E-state index >= 15 is 0 Å². The van der Waals surface area contributed by atoms with E-state index in [0.29, 0.717) is 23.7 Å². The number of nitrogens with zero attached hydrogens (tertiary/aromatic N) is 5. The van der Waals surface area contributed by atoms with Crippen LogP contribution < -0.4 is 5.32 Å². The number of nitrogens with one attached hydrogen (secondary N) is 1. The zero-order chi connectivity index (χ0) is 19.7. The fourth-order valence-corrected chi connectivity index (χ4v) is 2.89. The molecule has 0 aliphatic carbocycles. The zero-order valence-corrected chi connectivity index (χ0v) is 14.8. The van der Waals surface area contributed by atoms with E-state index in [9.17, 15) is 13.2 Å². The first-order chi connectivity index (χ1) is 13.5. The van der Waals surface area contributed by atoms with Gasteiger partial charge in [-0.15, -0.1) is 0 Å². The van der Waals surface area contributed by atoms with Crippen molar-refractivity contribution in [3.63, 3.8) is 0 Å². The lowest BCUT2D eigenvalue weighted by Gasteiger charge is -2.11. The van der Waals surface area contributed by atoms with Gasteiger partial charge in [-0.1, -0.05) is 6.92 Å². The van der Waals surface area contributed by atoms with E-state index in [2.05, 4.69) is 25.3 Å². The molecule has 0 unspecified atom stereocenters. The lowest BCUT2D eigenvalue weighted by molar-refractivity contribution is -0.137. The molecular formula is C19H15F3N6. The van der Waals surface area contributed by atoms with E-state index in [0.717, 1.165) is 29.0 Å². The molecule has 28 heavy (non-hydrogen) atoms. The molecule has 142 valence electrons. The minimum Gasteiger partial charge on any atom is -0.339 e. The third-order valence-corrected chi connectivity index (χ3v) is 4.18. The summed E-state index contributed by atoms with van der Waals surface area (Å²) in [5.41, 5.74) is 1.38. The summed E-state index contributed by atoms with van der Waals surface area (Å²) in [6.45, 7) is 1.99. The van der Waals surface area contributed by atoms with E-state index in [1.807, 2.05) is 17.6 Å². The standard InChI is InChI=1S/C19H15F3N6/c1-2-17-26-14-9-23-8-7-15(14)28(17)18-11-24-10-16(27-18)25-13-5-3-12(4-6-13)19(20,21)22/h3-11H,2H2,1H3,(H,25,27). The van der Waals surface area contributed by atoms with Gasteiger partial charge in [-0.25, -0.2) is 9.97 Å². The molecule has 4 aromatic rings. The first-order valence-electron chi connectivity index (χ1n) is 8.54. The van der Waals surface area contributed by atoms with Gasteiger partial charge in [0.2, 0.25) is 0 Å². The summed E-state index contributed by atoms with van der Waals surface area (Å²) in [4.78, 5) is 17.4. The fraction of sp³-hybridized carbons (Fsp3) is 0.158. The quantitative estimate of drug-likeness (QED) is 0.560. The van der Waals surface area contributed by atoms with Crippen molar-refractivity contribution in [3.8, 4) is 5.82 Å². The Labute approximate surface area is 158 Å². The monoisotopic (exact) mass is 384 g/mol. The lowest BCUT2D eigenvalue weighted by atomic mass is 10.2. The van der Waals surface area contributed by atoms with Gasteiger partial charge in [-0.2, -0.15) is 13.2 Å². The normalized spacial score (nSPS) is 11.7. The Morgan fingerprint density at radius 3 is 2.46 bits per heavy atom. The minimum atomic E-state index is -4.37. The molecular weight excluding hydrogens is 369 g/mol. The Morgan fingerprint density at radius 2 is 1.75 bits per heavy atom. The molecule has 9 heteroatoms. The van der Waals surface area contributed by atoms with Crippen molar-refractivity contribution >= 4 is 22.5 Å². The van der Waals surface area contributed by atoms with Crippen LogP contribution in [0.15, 0.2) is 55.1 Å². The molecule has 0 aliphatic rings. The molecule has 0 saturated carbocycles. The molecule has 0 atom stereocenters. The number of benzene rings is 1. The third kappa shape index (κ3) is 3.38. The fourth-order valence-electron chi connectivity index (χ4n) is 2.89. The third-order valence-electron chi connectivity index (χ3n) is 4.18. The molecule has 6 nitrogen and oxygen atoms in total. The van der Waals surface area contributed by atoms with Crippen molar-refractivity contribution in [3.05, 3.63) is 66.5 Å². The van der Waals surface area contributed by atoms with Crippen molar-refractivity contribution < 1.29 is 13.2 Å². The Hall–Kier alpha value is -3.49. The van der Waals surface area contributed by atoms with Crippen molar-refractivity contribution in [2.24, 2.45) is 0 Å². The number of alkyl halides is 3. The second-order valence-corrected chi connectivity index (χ2v) is 6.04. The van der Waals surface area contributed by atoms with Crippen LogP contribution in [0.25, 0.3) is 16.9 Å². The van der Waals surface area contributed by atoms with E-state index in [1.165, 1.54) is 18.3 Å². The van der Waals surface area contributed by atoms with Crippen molar-refractivity contribution in [2.45, 2.75) is 19.5 Å². The number of aryl methyl sites for hydroxylation is 1. The molecule has 0 aliphatic heterocycles. The first-order valence-corrected chi connectivity index (χ1v) is 8.54. The highest BCUT2D eigenvalue weighted by molar-refractivity contribution is 5.76. The smallest absolute Gasteiger partial charge is 0.339 e. The van der Waals surface area contributed by atoms with Gasteiger partial charge in [-0.3, -0.25) is 14.5 Å². The number of pyridine rings is 1. The van der Waals surface area contributed by atoms with Crippen LogP contribution in [0.4, 0.5) is 24.7 Å². The van der Waals surface area contributed by atoms with Crippen molar-refractivity contribution in [1.29, 1.82) is 0 Å². The van der Waals surface area contributed by atoms with Crippen LogP contribution in [0.1, 0.15) is 18.3 Å². The largest absolute Gasteiger partial charge is 0.416 e. The van der Waals surface area contributed by atoms with Crippen LogP contribution >= 0.6 is 0 Å². The second kappa shape index (κ2) is 6.91. The maximum atomic E-state index is 12.7. The number of hydrogen-bond acceptors (Lipinski definition) is 5. The van der Waals surface area contributed by atoms with Gasteiger partial charge in [0.1, 0.15) is 11.3 Å². The summed E-state index contributed by atoms with van der Waals surface area (Å²) in [5.74, 6) is 1.78.